The van der Waals surface area contributed by atoms with Gasteiger partial charge < -0.3 is 9.47 Å². The smallest absolute Gasteiger partial charge is 0.261 e. The quantitative estimate of drug-likeness (QED) is 0.772. The first-order valence-corrected chi connectivity index (χ1v) is 8.24. The zero-order chi connectivity index (χ0) is 17.3. The molecule has 1 amide bonds. The van der Waals surface area contributed by atoms with Gasteiger partial charge in [-0.3, -0.25) is 10.1 Å². The van der Waals surface area contributed by atoms with Crippen molar-refractivity contribution in [3.63, 3.8) is 0 Å². The molecule has 1 heterocycles. The van der Waals surface area contributed by atoms with Gasteiger partial charge in [-0.2, -0.15) is 0 Å². The summed E-state index contributed by atoms with van der Waals surface area (Å²) in [6.45, 7) is 4.08. The first kappa shape index (κ1) is 16.3. The number of rotatable bonds is 4. The molecule has 0 aliphatic heterocycles. The Hall–Kier alpha value is -2.60. The monoisotopic (exact) mass is 342 g/mol. The summed E-state index contributed by atoms with van der Waals surface area (Å²) in [6, 6.07) is 9.21. The van der Waals surface area contributed by atoms with Gasteiger partial charge in [-0.25, -0.2) is 4.98 Å². The maximum Gasteiger partial charge on any atom is 0.261 e. The van der Waals surface area contributed by atoms with E-state index in [-0.39, 0.29) is 5.91 Å². The van der Waals surface area contributed by atoms with Gasteiger partial charge in [-0.1, -0.05) is 17.4 Å². The SMILES string of the molecule is COc1ccc(C(=O)Nc2nc3cc(C)cc(C)c3s2)c(OC)c1. The van der Waals surface area contributed by atoms with Gasteiger partial charge in [0.1, 0.15) is 11.5 Å². The van der Waals surface area contributed by atoms with E-state index in [9.17, 15) is 4.79 Å². The average molecular weight is 342 g/mol. The van der Waals surface area contributed by atoms with Crippen LogP contribution in [0, 0.1) is 13.8 Å². The number of aromatic nitrogens is 1. The van der Waals surface area contributed by atoms with Gasteiger partial charge in [0.2, 0.25) is 0 Å². The van der Waals surface area contributed by atoms with E-state index in [2.05, 4.69) is 16.4 Å². The van der Waals surface area contributed by atoms with Crippen LogP contribution < -0.4 is 14.8 Å². The van der Waals surface area contributed by atoms with E-state index < -0.39 is 0 Å². The minimum absolute atomic E-state index is 0.261. The second-order valence-electron chi connectivity index (χ2n) is 5.47. The third kappa shape index (κ3) is 3.05. The topological polar surface area (TPSA) is 60.5 Å². The van der Waals surface area contributed by atoms with Crippen LogP contribution in [0.5, 0.6) is 11.5 Å². The van der Waals surface area contributed by atoms with Crippen molar-refractivity contribution in [2.24, 2.45) is 0 Å². The molecule has 3 aromatic rings. The fourth-order valence-corrected chi connectivity index (χ4v) is 3.49. The average Bonchev–Trinajstić information content (AvgIpc) is 2.96. The van der Waals surface area contributed by atoms with Crippen LogP contribution in [0.15, 0.2) is 30.3 Å². The first-order chi connectivity index (χ1) is 11.5. The molecule has 0 atom stereocenters. The van der Waals surface area contributed by atoms with Crippen molar-refractivity contribution in [1.29, 1.82) is 0 Å². The van der Waals surface area contributed by atoms with Gasteiger partial charge in [0, 0.05) is 6.07 Å². The second kappa shape index (κ2) is 6.49. The number of methoxy groups -OCH3 is 2. The minimum atomic E-state index is -0.261. The summed E-state index contributed by atoms with van der Waals surface area (Å²) in [5, 5.41) is 3.43. The largest absolute Gasteiger partial charge is 0.497 e. The van der Waals surface area contributed by atoms with Crippen LogP contribution in [0.3, 0.4) is 0 Å². The highest BCUT2D eigenvalue weighted by atomic mass is 32.1. The lowest BCUT2D eigenvalue weighted by molar-refractivity contribution is 0.102. The van der Waals surface area contributed by atoms with E-state index in [0.717, 1.165) is 21.3 Å². The summed E-state index contributed by atoms with van der Waals surface area (Å²) in [6.07, 6.45) is 0. The van der Waals surface area contributed by atoms with Crippen molar-refractivity contribution in [2.75, 3.05) is 19.5 Å². The maximum atomic E-state index is 12.6. The van der Waals surface area contributed by atoms with Crippen LogP contribution in [-0.2, 0) is 0 Å². The Bertz CT molecular complexity index is 918. The molecule has 3 rings (SSSR count). The molecule has 124 valence electrons. The number of carbonyl (C=O) groups excluding carboxylic acids is 1. The highest BCUT2D eigenvalue weighted by Gasteiger charge is 2.16. The molecule has 0 unspecified atom stereocenters. The van der Waals surface area contributed by atoms with Crippen LogP contribution in [0.1, 0.15) is 21.5 Å². The molecule has 0 saturated carbocycles. The zero-order valence-corrected chi connectivity index (χ0v) is 14.8. The van der Waals surface area contributed by atoms with Gasteiger partial charge in [0.05, 0.1) is 30.0 Å². The van der Waals surface area contributed by atoms with Crippen molar-refractivity contribution in [3.8, 4) is 11.5 Å². The molecular weight excluding hydrogens is 324 g/mol. The van der Waals surface area contributed by atoms with Gasteiger partial charge in [0.25, 0.3) is 5.91 Å². The molecule has 0 spiro atoms. The Morgan fingerprint density at radius 1 is 1.12 bits per heavy atom. The number of amides is 1. The third-order valence-electron chi connectivity index (χ3n) is 3.69. The molecule has 0 radical (unpaired) electrons. The number of hydrogen-bond donors (Lipinski definition) is 1. The van der Waals surface area contributed by atoms with Crippen molar-refractivity contribution >= 4 is 32.6 Å². The second-order valence-corrected chi connectivity index (χ2v) is 6.47. The number of carbonyl (C=O) groups is 1. The molecule has 1 aromatic heterocycles. The number of hydrogen-bond acceptors (Lipinski definition) is 5. The summed E-state index contributed by atoms with van der Waals surface area (Å²) in [4.78, 5) is 17.1. The van der Waals surface area contributed by atoms with Crippen LogP contribution >= 0.6 is 11.3 Å². The van der Waals surface area contributed by atoms with Crippen molar-refractivity contribution in [3.05, 3.63) is 47.0 Å². The molecule has 0 aliphatic carbocycles. The highest BCUT2D eigenvalue weighted by Crippen LogP contribution is 2.31. The van der Waals surface area contributed by atoms with Gasteiger partial charge in [0.15, 0.2) is 5.13 Å². The molecule has 2 aromatic carbocycles. The van der Waals surface area contributed by atoms with E-state index in [1.807, 2.05) is 19.9 Å². The van der Waals surface area contributed by atoms with E-state index in [1.54, 1.807) is 25.3 Å². The maximum absolute atomic E-state index is 12.6. The number of ether oxygens (including phenoxy) is 2. The summed E-state index contributed by atoms with van der Waals surface area (Å²) in [5.74, 6) is 0.831. The third-order valence-corrected chi connectivity index (χ3v) is 4.82. The fourth-order valence-electron chi connectivity index (χ4n) is 2.58. The summed E-state index contributed by atoms with van der Waals surface area (Å²) >= 11 is 1.47. The van der Waals surface area contributed by atoms with E-state index in [4.69, 9.17) is 9.47 Å². The lowest BCUT2D eigenvalue weighted by Crippen LogP contribution is -2.13. The number of thiazole rings is 1. The lowest BCUT2D eigenvalue weighted by Gasteiger charge is -2.09. The summed E-state index contributed by atoms with van der Waals surface area (Å²) in [7, 11) is 3.09. The molecule has 1 N–H and O–H groups in total. The Kier molecular flexibility index (Phi) is 4.40. The predicted molar refractivity (Wildman–Crippen MR) is 96.6 cm³/mol. The van der Waals surface area contributed by atoms with Crippen LogP contribution in [0.2, 0.25) is 0 Å². The molecule has 5 nitrogen and oxygen atoms in total. The number of benzene rings is 2. The molecule has 0 saturated heterocycles. The Labute approximate surface area is 144 Å². The number of anilines is 1. The highest BCUT2D eigenvalue weighted by molar-refractivity contribution is 7.22. The number of nitrogens with zero attached hydrogens (tertiary/aromatic N) is 1. The molecule has 6 heteroatoms. The van der Waals surface area contributed by atoms with E-state index in [0.29, 0.717) is 22.2 Å². The van der Waals surface area contributed by atoms with Crippen molar-refractivity contribution in [2.45, 2.75) is 13.8 Å². The van der Waals surface area contributed by atoms with E-state index in [1.165, 1.54) is 18.4 Å². The van der Waals surface area contributed by atoms with Crippen LogP contribution in [0.4, 0.5) is 5.13 Å². The normalized spacial score (nSPS) is 10.7. The zero-order valence-electron chi connectivity index (χ0n) is 14.0. The Morgan fingerprint density at radius 2 is 1.92 bits per heavy atom. The molecule has 0 aliphatic rings. The molecule has 24 heavy (non-hydrogen) atoms. The van der Waals surface area contributed by atoms with Gasteiger partial charge in [-0.15, -0.1) is 0 Å². The lowest BCUT2D eigenvalue weighted by atomic mass is 10.1. The summed E-state index contributed by atoms with van der Waals surface area (Å²) < 4.78 is 11.5. The molecule has 0 bridgehead atoms. The first-order valence-electron chi connectivity index (χ1n) is 7.43. The Balaban J connectivity index is 1.91. The van der Waals surface area contributed by atoms with Gasteiger partial charge in [-0.05, 0) is 43.2 Å². The number of nitrogens with one attached hydrogen (secondary N) is 1. The minimum Gasteiger partial charge on any atom is -0.497 e. The van der Waals surface area contributed by atoms with Gasteiger partial charge >= 0.3 is 0 Å². The molecule has 0 fully saturated rings. The van der Waals surface area contributed by atoms with Crippen molar-refractivity contribution in [1.82, 2.24) is 4.98 Å². The standard InChI is InChI=1S/C18H18N2O3S/c1-10-7-11(2)16-14(8-10)19-18(24-16)20-17(21)13-6-5-12(22-3)9-15(13)23-4/h5-9H,1-4H3,(H,19,20,21). The summed E-state index contributed by atoms with van der Waals surface area (Å²) in [5.41, 5.74) is 3.64. The predicted octanol–water partition coefficient (Wildman–Crippen LogP) is 4.18. The van der Waals surface area contributed by atoms with E-state index >= 15 is 0 Å². The Morgan fingerprint density at radius 3 is 2.62 bits per heavy atom. The van der Waals surface area contributed by atoms with Crippen LogP contribution in [0.25, 0.3) is 10.2 Å². The fraction of sp³-hybridized carbons (Fsp3) is 0.222. The molecular formula is C18H18N2O3S. The number of fused-ring (bicyclic) bond motifs is 1. The van der Waals surface area contributed by atoms with Crippen LogP contribution in [-0.4, -0.2) is 25.1 Å². The number of aryl methyl sites for hydroxylation is 2. The van der Waals surface area contributed by atoms with Crippen molar-refractivity contribution < 1.29 is 14.3 Å².